The lowest BCUT2D eigenvalue weighted by Gasteiger charge is -2.18. The van der Waals surface area contributed by atoms with Crippen LogP contribution < -0.4 is 4.90 Å². The van der Waals surface area contributed by atoms with Crippen LogP contribution in [0.15, 0.2) is 18.3 Å². The Morgan fingerprint density at radius 2 is 2.33 bits per heavy atom. The molecule has 1 aliphatic heterocycles. The first-order valence-electron chi connectivity index (χ1n) is 4.87. The van der Waals surface area contributed by atoms with Crippen LogP contribution >= 0.6 is 0 Å². The maximum atomic E-state index is 11.5. The SMILES string of the molecule is COC(=O)N1CC(C)(C)c2cccnc21. The molecular weight excluding hydrogens is 192 g/mol. The second-order valence-corrected chi connectivity index (χ2v) is 4.31. The van der Waals surface area contributed by atoms with E-state index in [0.29, 0.717) is 12.4 Å². The number of fused-ring (bicyclic) bond motifs is 1. The van der Waals surface area contributed by atoms with Crippen LogP contribution in [0, 0.1) is 0 Å². The molecular formula is C11H14N2O2. The normalized spacial score (nSPS) is 17.4. The summed E-state index contributed by atoms with van der Waals surface area (Å²) in [4.78, 5) is 17.3. The Labute approximate surface area is 88.9 Å². The van der Waals surface area contributed by atoms with Gasteiger partial charge in [-0.05, 0) is 6.07 Å². The van der Waals surface area contributed by atoms with Gasteiger partial charge in [0.1, 0.15) is 5.82 Å². The Morgan fingerprint density at radius 1 is 1.60 bits per heavy atom. The molecule has 1 aromatic heterocycles. The average molecular weight is 206 g/mol. The van der Waals surface area contributed by atoms with Gasteiger partial charge in [0.25, 0.3) is 0 Å². The molecule has 0 radical (unpaired) electrons. The van der Waals surface area contributed by atoms with Crippen LogP contribution in [0.2, 0.25) is 0 Å². The molecule has 0 unspecified atom stereocenters. The van der Waals surface area contributed by atoms with Gasteiger partial charge in [0.2, 0.25) is 0 Å². The number of amides is 1. The molecule has 15 heavy (non-hydrogen) atoms. The summed E-state index contributed by atoms with van der Waals surface area (Å²) < 4.78 is 4.73. The van der Waals surface area contributed by atoms with Gasteiger partial charge in [0.15, 0.2) is 0 Å². The quantitative estimate of drug-likeness (QED) is 0.651. The number of anilines is 1. The summed E-state index contributed by atoms with van der Waals surface area (Å²) >= 11 is 0. The number of ether oxygens (including phenoxy) is 1. The molecule has 0 spiro atoms. The van der Waals surface area contributed by atoms with Gasteiger partial charge in [-0.3, -0.25) is 4.90 Å². The van der Waals surface area contributed by atoms with E-state index in [1.807, 2.05) is 12.1 Å². The van der Waals surface area contributed by atoms with E-state index in [9.17, 15) is 4.79 Å². The van der Waals surface area contributed by atoms with Crippen LogP contribution in [0.1, 0.15) is 19.4 Å². The van der Waals surface area contributed by atoms with Crippen molar-refractivity contribution >= 4 is 11.9 Å². The van der Waals surface area contributed by atoms with Crippen molar-refractivity contribution in [2.24, 2.45) is 0 Å². The van der Waals surface area contributed by atoms with Crippen molar-refractivity contribution in [3.8, 4) is 0 Å². The van der Waals surface area contributed by atoms with E-state index in [4.69, 9.17) is 4.74 Å². The molecule has 4 heteroatoms. The lowest BCUT2D eigenvalue weighted by molar-refractivity contribution is 0.178. The number of pyridine rings is 1. The highest BCUT2D eigenvalue weighted by molar-refractivity contribution is 5.89. The molecule has 0 atom stereocenters. The van der Waals surface area contributed by atoms with Gasteiger partial charge in [-0.2, -0.15) is 0 Å². The van der Waals surface area contributed by atoms with E-state index in [0.717, 1.165) is 5.56 Å². The number of carbonyl (C=O) groups is 1. The molecule has 1 aromatic rings. The Morgan fingerprint density at radius 3 is 3.00 bits per heavy atom. The van der Waals surface area contributed by atoms with Gasteiger partial charge >= 0.3 is 6.09 Å². The van der Waals surface area contributed by atoms with Gasteiger partial charge in [-0.15, -0.1) is 0 Å². The molecule has 80 valence electrons. The zero-order valence-electron chi connectivity index (χ0n) is 9.15. The summed E-state index contributed by atoms with van der Waals surface area (Å²) in [5, 5.41) is 0. The number of hydrogen-bond donors (Lipinski definition) is 0. The lowest BCUT2D eigenvalue weighted by Crippen LogP contribution is -2.34. The molecule has 2 rings (SSSR count). The van der Waals surface area contributed by atoms with Crippen LogP contribution in [-0.2, 0) is 10.2 Å². The highest BCUT2D eigenvalue weighted by Crippen LogP contribution is 2.38. The Hall–Kier alpha value is -1.58. The van der Waals surface area contributed by atoms with Gasteiger partial charge in [0.05, 0.1) is 7.11 Å². The van der Waals surface area contributed by atoms with Crippen molar-refractivity contribution in [2.45, 2.75) is 19.3 Å². The minimum atomic E-state index is -0.347. The summed E-state index contributed by atoms with van der Waals surface area (Å²) in [6.45, 7) is 4.80. The molecule has 2 heterocycles. The Bertz CT molecular complexity index is 401. The Kier molecular flexibility index (Phi) is 2.14. The molecule has 1 amide bonds. The molecule has 0 aromatic carbocycles. The van der Waals surface area contributed by atoms with Crippen molar-refractivity contribution < 1.29 is 9.53 Å². The second kappa shape index (κ2) is 3.22. The van der Waals surface area contributed by atoms with E-state index < -0.39 is 0 Å². The summed E-state index contributed by atoms with van der Waals surface area (Å²) in [7, 11) is 1.39. The van der Waals surface area contributed by atoms with Crippen molar-refractivity contribution in [1.82, 2.24) is 4.98 Å². The van der Waals surface area contributed by atoms with Crippen molar-refractivity contribution in [3.63, 3.8) is 0 Å². The zero-order chi connectivity index (χ0) is 11.1. The molecule has 4 nitrogen and oxygen atoms in total. The minimum absolute atomic E-state index is 0.0578. The largest absolute Gasteiger partial charge is 0.452 e. The standard InChI is InChI=1S/C11H14N2O2/c1-11(2)7-13(10(14)15-3)9-8(11)5-4-6-12-9/h4-6H,7H2,1-3H3. The maximum absolute atomic E-state index is 11.5. The van der Waals surface area contributed by atoms with Crippen LogP contribution in [0.5, 0.6) is 0 Å². The van der Waals surface area contributed by atoms with Crippen LogP contribution in [-0.4, -0.2) is 24.7 Å². The molecule has 0 N–H and O–H groups in total. The number of carbonyl (C=O) groups excluding carboxylic acids is 1. The topological polar surface area (TPSA) is 42.4 Å². The number of hydrogen-bond acceptors (Lipinski definition) is 3. The number of rotatable bonds is 0. The molecule has 0 bridgehead atoms. The van der Waals surface area contributed by atoms with E-state index in [-0.39, 0.29) is 11.5 Å². The van der Waals surface area contributed by atoms with Crippen LogP contribution in [0.3, 0.4) is 0 Å². The van der Waals surface area contributed by atoms with Crippen LogP contribution in [0.25, 0.3) is 0 Å². The third-order valence-electron chi connectivity index (χ3n) is 2.72. The van der Waals surface area contributed by atoms with Gasteiger partial charge in [0, 0.05) is 23.7 Å². The van der Waals surface area contributed by atoms with Gasteiger partial charge < -0.3 is 4.74 Å². The predicted octanol–water partition coefficient (Wildman–Crippen LogP) is 1.95. The molecule has 1 aliphatic rings. The fourth-order valence-electron chi connectivity index (χ4n) is 1.96. The first-order valence-corrected chi connectivity index (χ1v) is 4.87. The Balaban J connectivity index is 2.47. The van der Waals surface area contributed by atoms with Gasteiger partial charge in [-0.25, -0.2) is 9.78 Å². The van der Waals surface area contributed by atoms with Crippen molar-refractivity contribution in [2.75, 3.05) is 18.6 Å². The maximum Gasteiger partial charge on any atom is 0.415 e. The zero-order valence-corrected chi connectivity index (χ0v) is 9.15. The lowest BCUT2D eigenvalue weighted by atomic mass is 9.88. The third-order valence-corrected chi connectivity index (χ3v) is 2.72. The number of aromatic nitrogens is 1. The third kappa shape index (κ3) is 1.46. The monoisotopic (exact) mass is 206 g/mol. The summed E-state index contributed by atoms with van der Waals surface area (Å²) in [6.07, 6.45) is 1.34. The van der Waals surface area contributed by atoms with E-state index >= 15 is 0 Å². The molecule has 0 aliphatic carbocycles. The smallest absolute Gasteiger partial charge is 0.415 e. The first-order chi connectivity index (χ1) is 7.06. The summed E-state index contributed by atoms with van der Waals surface area (Å²) in [5.74, 6) is 0.717. The van der Waals surface area contributed by atoms with E-state index in [1.54, 1.807) is 11.1 Å². The van der Waals surface area contributed by atoms with Gasteiger partial charge in [-0.1, -0.05) is 19.9 Å². The van der Waals surface area contributed by atoms with Crippen molar-refractivity contribution in [1.29, 1.82) is 0 Å². The number of nitrogens with zero attached hydrogens (tertiary/aromatic N) is 2. The molecule has 0 fully saturated rings. The molecule has 0 saturated carbocycles. The second-order valence-electron chi connectivity index (χ2n) is 4.31. The summed E-state index contributed by atoms with van der Waals surface area (Å²) in [6, 6.07) is 3.90. The van der Waals surface area contributed by atoms with Crippen LogP contribution in [0.4, 0.5) is 10.6 Å². The van der Waals surface area contributed by atoms with Crippen molar-refractivity contribution in [3.05, 3.63) is 23.9 Å². The minimum Gasteiger partial charge on any atom is -0.452 e. The van der Waals surface area contributed by atoms with E-state index in [2.05, 4.69) is 18.8 Å². The summed E-state index contributed by atoms with van der Waals surface area (Å²) in [5.41, 5.74) is 1.04. The number of methoxy groups -OCH3 is 1. The highest BCUT2D eigenvalue weighted by Gasteiger charge is 2.39. The molecule has 0 saturated heterocycles. The highest BCUT2D eigenvalue weighted by atomic mass is 16.5. The average Bonchev–Trinajstić information content (AvgIpc) is 2.51. The van der Waals surface area contributed by atoms with E-state index in [1.165, 1.54) is 7.11 Å². The fraction of sp³-hybridized carbons (Fsp3) is 0.455. The first kappa shape index (κ1) is 9.96. The fourth-order valence-corrected chi connectivity index (χ4v) is 1.96. The predicted molar refractivity (Wildman–Crippen MR) is 57.0 cm³/mol.